The summed E-state index contributed by atoms with van der Waals surface area (Å²) in [5.41, 5.74) is 1.27. The summed E-state index contributed by atoms with van der Waals surface area (Å²) in [6.07, 6.45) is 5.37. The van der Waals surface area contributed by atoms with Gasteiger partial charge in [-0.05, 0) is 17.9 Å². The number of carbonyl (C=O) groups is 1. The summed E-state index contributed by atoms with van der Waals surface area (Å²) in [4.78, 5) is 21.2. The summed E-state index contributed by atoms with van der Waals surface area (Å²) in [5.74, 6) is 1.81. The van der Waals surface area contributed by atoms with Crippen LogP contribution in [-0.2, 0) is 11.2 Å². The highest BCUT2D eigenvalue weighted by Crippen LogP contribution is 2.17. The molecule has 1 aliphatic heterocycles. The van der Waals surface area contributed by atoms with Crippen molar-refractivity contribution in [2.24, 2.45) is 16.8 Å². The van der Waals surface area contributed by atoms with E-state index in [9.17, 15) is 4.79 Å². The number of benzene rings is 1. The number of nitrogens with one attached hydrogen (secondary N) is 2. The Morgan fingerprint density at radius 3 is 2.50 bits per heavy atom. The largest absolute Gasteiger partial charge is 0.356 e. The minimum atomic E-state index is 0.250. The zero-order valence-electron chi connectivity index (χ0n) is 20.1. The molecule has 0 spiro atoms. The van der Waals surface area contributed by atoms with Crippen molar-refractivity contribution in [1.82, 2.24) is 20.4 Å². The molecule has 6 nitrogen and oxygen atoms in total. The first kappa shape index (κ1) is 25.7. The number of nitrogens with zero attached hydrogens (tertiary/aromatic N) is 3. The Bertz CT molecular complexity index is 736. The fraction of sp³-hybridized carbons (Fsp3) is 0.538. The first-order valence-corrected chi connectivity index (χ1v) is 11.7. The van der Waals surface area contributed by atoms with Crippen molar-refractivity contribution >= 4 is 11.9 Å². The van der Waals surface area contributed by atoms with Crippen LogP contribution in [0.15, 0.2) is 60.6 Å². The van der Waals surface area contributed by atoms with E-state index in [0.717, 1.165) is 51.6 Å². The Morgan fingerprint density at radius 1 is 1.22 bits per heavy atom. The van der Waals surface area contributed by atoms with Gasteiger partial charge in [-0.25, -0.2) is 0 Å². The highest BCUT2D eigenvalue weighted by molar-refractivity contribution is 5.80. The Balaban J connectivity index is 1.80. The summed E-state index contributed by atoms with van der Waals surface area (Å²) in [5, 5.41) is 6.90. The molecular formula is C26H41N5O. The monoisotopic (exact) mass is 439 g/mol. The van der Waals surface area contributed by atoms with Gasteiger partial charge in [0.25, 0.3) is 0 Å². The van der Waals surface area contributed by atoms with Crippen molar-refractivity contribution in [2.75, 3.05) is 46.3 Å². The zero-order chi connectivity index (χ0) is 23.3. The smallest absolute Gasteiger partial charge is 0.223 e. The second kappa shape index (κ2) is 13.7. The molecule has 2 N–H and O–H groups in total. The average Bonchev–Trinajstić information content (AvgIpc) is 3.14. The summed E-state index contributed by atoms with van der Waals surface area (Å²) in [7, 11) is 1.79. The predicted octanol–water partition coefficient (Wildman–Crippen LogP) is 2.94. The number of aliphatic imine (C=N–C) groups is 1. The lowest BCUT2D eigenvalue weighted by Crippen LogP contribution is -2.50. The van der Waals surface area contributed by atoms with Crippen LogP contribution in [0.1, 0.15) is 25.8 Å². The maximum Gasteiger partial charge on any atom is 0.223 e. The standard InChI is InChI=1S/C26H41N5O/c1-6-14-30(15-7-2)24(21(3)4)19-29-26(27-5)28-18-23-17-25(32)31(20-23)16-13-22-11-9-8-10-12-22/h6-12,21,23-24H,1-2,13-20H2,3-5H3,(H2,27,28,29). The van der Waals surface area contributed by atoms with Crippen LogP contribution < -0.4 is 10.6 Å². The Kier molecular flexibility index (Phi) is 11.0. The van der Waals surface area contributed by atoms with Crippen molar-refractivity contribution < 1.29 is 4.79 Å². The lowest BCUT2D eigenvalue weighted by molar-refractivity contribution is -0.127. The molecule has 1 aliphatic rings. The summed E-state index contributed by atoms with van der Waals surface area (Å²) >= 11 is 0. The van der Waals surface area contributed by atoms with Crippen LogP contribution in [0.25, 0.3) is 0 Å². The van der Waals surface area contributed by atoms with E-state index in [1.54, 1.807) is 7.05 Å². The molecule has 0 radical (unpaired) electrons. The van der Waals surface area contributed by atoms with Crippen LogP contribution >= 0.6 is 0 Å². The first-order valence-electron chi connectivity index (χ1n) is 11.7. The predicted molar refractivity (Wildman–Crippen MR) is 135 cm³/mol. The molecule has 2 unspecified atom stereocenters. The maximum atomic E-state index is 12.4. The van der Waals surface area contributed by atoms with Crippen molar-refractivity contribution in [3.05, 3.63) is 61.2 Å². The zero-order valence-corrected chi connectivity index (χ0v) is 20.1. The molecule has 6 heteroatoms. The quantitative estimate of drug-likeness (QED) is 0.282. The molecule has 1 amide bonds. The van der Waals surface area contributed by atoms with Gasteiger partial charge in [0.1, 0.15) is 0 Å². The molecule has 1 aromatic rings. The molecule has 0 saturated carbocycles. The van der Waals surface area contributed by atoms with E-state index in [0.29, 0.717) is 24.3 Å². The van der Waals surface area contributed by atoms with Gasteiger partial charge < -0.3 is 15.5 Å². The topological polar surface area (TPSA) is 60.0 Å². The van der Waals surface area contributed by atoms with Crippen LogP contribution in [0.5, 0.6) is 0 Å². The van der Waals surface area contributed by atoms with Crippen molar-refractivity contribution in [3.63, 3.8) is 0 Å². The van der Waals surface area contributed by atoms with Gasteiger partial charge >= 0.3 is 0 Å². The van der Waals surface area contributed by atoms with E-state index >= 15 is 0 Å². The van der Waals surface area contributed by atoms with E-state index in [1.165, 1.54) is 5.56 Å². The van der Waals surface area contributed by atoms with Crippen molar-refractivity contribution in [1.29, 1.82) is 0 Å². The lowest BCUT2D eigenvalue weighted by Gasteiger charge is -2.33. The summed E-state index contributed by atoms with van der Waals surface area (Å²) in [6, 6.07) is 10.7. The molecule has 0 bridgehead atoms. The Hall–Kier alpha value is -2.60. The molecule has 1 fully saturated rings. The van der Waals surface area contributed by atoms with Gasteiger partial charge in [0.15, 0.2) is 5.96 Å². The molecule has 1 heterocycles. The molecule has 0 aliphatic carbocycles. The SMILES string of the molecule is C=CCN(CC=C)C(CNC(=NC)NCC1CC(=O)N(CCc2ccccc2)C1)C(C)C. The summed E-state index contributed by atoms with van der Waals surface area (Å²) in [6.45, 7) is 17.0. The highest BCUT2D eigenvalue weighted by atomic mass is 16.2. The number of hydrogen-bond donors (Lipinski definition) is 2. The van der Waals surface area contributed by atoms with Crippen LogP contribution in [0.3, 0.4) is 0 Å². The minimum Gasteiger partial charge on any atom is -0.356 e. The third kappa shape index (κ3) is 8.15. The van der Waals surface area contributed by atoms with E-state index in [-0.39, 0.29) is 5.91 Å². The van der Waals surface area contributed by atoms with Crippen LogP contribution in [0.2, 0.25) is 0 Å². The normalized spacial score (nSPS) is 17.7. The van der Waals surface area contributed by atoms with Gasteiger partial charge in [-0.3, -0.25) is 14.7 Å². The number of rotatable bonds is 13. The maximum absolute atomic E-state index is 12.4. The number of carbonyl (C=O) groups excluding carboxylic acids is 1. The molecule has 32 heavy (non-hydrogen) atoms. The van der Waals surface area contributed by atoms with Gasteiger partial charge in [0, 0.05) is 64.7 Å². The fourth-order valence-corrected chi connectivity index (χ4v) is 4.24. The van der Waals surface area contributed by atoms with Gasteiger partial charge in [-0.2, -0.15) is 0 Å². The molecule has 1 aromatic carbocycles. The highest BCUT2D eigenvalue weighted by Gasteiger charge is 2.29. The van der Waals surface area contributed by atoms with Gasteiger partial charge in [-0.15, -0.1) is 13.2 Å². The summed E-state index contributed by atoms with van der Waals surface area (Å²) < 4.78 is 0. The number of guanidine groups is 1. The second-order valence-corrected chi connectivity index (χ2v) is 8.82. The molecule has 0 aromatic heterocycles. The van der Waals surface area contributed by atoms with E-state index < -0.39 is 0 Å². The minimum absolute atomic E-state index is 0.250. The number of amides is 1. The number of hydrogen-bond acceptors (Lipinski definition) is 3. The van der Waals surface area contributed by atoms with Gasteiger partial charge in [0.05, 0.1) is 0 Å². The lowest BCUT2D eigenvalue weighted by atomic mass is 10.0. The number of likely N-dealkylation sites (tertiary alicyclic amines) is 1. The van der Waals surface area contributed by atoms with Crippen LogP contribution in [0.4, 0.5) is 0 Å². The second-order valence-electron chi connectivity index (χ2n) is 8.82. The Labute approximate surface area is 194 Å². The molecule has 176 valence electrons. The van der Waals surface area contributed by atoms with Crippen molar-refractivity contribution in [2.45, 2.75) is 32.7 Å². The average molecular weight is 440 g/mol. The molecule has 2 atom stereocenters. The fourth-order valence-electron chi connectivity index (χ4n) is 4.24. The van der Waals surface area contributed by atoms with Gasteiger partial charge in [-0.1, -0.05) is 56.3 Å². The van der Waals surface area contributed by atoms with E-state index in [4.69, 9.17) is 0 Å². The van der Waals surface area contributed by atoms with Crippen molar-refractivity contribution in [3.8, 4) is 0 Å². The molecule has 2 rings (SSSR count). The first-order chi connectivity index (χ1) is 15.5. The molecule has 1 saturated heterocycles. The van der Waals surface area contributed by atoms with Gasteiger partial charge in [0.2, 0.25) is 5.91 Å². The third-order valence-corrected chi connectivity index (χ3v) is 6.03. The van der Waals surface area contributed by atoms with Crippen LogP contribution in [-0.4, -0.2) is 74.0 Å². The van der Waals surface area contributed by atoms with E-state index in [1.807, 2.05) is 35.3 Å². The Morgan fingerprint density at radius 2 is 1.91 bits per heavy atom. The third-order valence-electron chi connectivity index (χ3n) is 6.03. The van der Waals surface area contributed by atoms with E-state index in [2.05, 4.69) is 59.7 Å². The van der Waals surface area contributed by atoms with Crippen LogP contribution in [0, 0.1) is 11.8 Å². The molecular weight excluding hydrogens is 398 g/mol.